The van der Waals surface area contributed by atoms with Crippen molar-refractivity contribution in [3.63, 3.8) is 0 Å². The number of hydrogen-bond acceptors (Lipinski definition) is 3. The zero-order valence-corrected chi connectivity index (χ0v) is 12.1. The van der Waals surface area contributed by atoms with Crippen molar-refractivity contribution in [2.24, 2.45) is 0 Å². The van der Waals surface area contributed by atoms with Gasteiger partial charge in [0.15, 0.2) is 0 Å². The molecular weight excluding hydrogens is 278 g/mol. The second kappa shape index (κ2) is 7.04. The first-order valence-corrected chi connectivity index (χ1v) is 6.71. The number of carbonyl (C=O) groups is 2. The number of hydrogen-bond donors (Lipinski definition) is 1. The van der Waals surface area contributed by atoms with Gasteiger partial charge in [-0.25, -0.2) is 0 Å². The van der Waals surface area contributed by atoms with Gasteiger partial charge < -0.3 is 10.2 Å². The SMILES string of the molecule is CN(Cc1ccccc1)C(=O)C(=O)Nc1ccccc1C#N. The zero-order valence-electron chi connectivity index (χ0n) is 12.1. The number of anilines is 1. The molecule has 0 atom stereocenters. The highest BCUT2D eigenvalue weighted by Gasteiger charge is 2.19. The van der Waals surface area contributed by atoms with Crippen LogP contribution < -0.4 is 5.32 Å². The molecule has 5 nitrogen and oxygen atoms in total. The number of benzene rings is 2. The Kier molecular flexibility index (Phi) is 4.89. The Morgan fingerprint density at radius 2 is 1.73 bits per heavy atom. The van der Waals surface area contributed by atoms with Gasteiger partial charge in [0.05, 0.1) is 11.3 Å². The van der Waals surface area contributed by atoms with Gasteiger partial charge in [0.2, 0.25) is 0 Å². The number of rotatable bonds is 3. The summed E-state index contributed by atoms with van der Waals surface area (Å²) in [5.41, 5.74) is 1.58. The molecule has 22 heavy (non-hydrogen) atoms. The predicted molar refractivity (Wildman–Crippen MR) is 82.7 cm³/mol. The fourth-order valence-electron chi connectivity index (χ4n) is 1.97. The average molecular weight is 293 g/mol. The van der Waals surface area contributed by atoms with Crippen molar-refractivity contribution in [1.29, 1.82) is 5.26 Å². The molecule has 2 rings (SSSR count). The Hall–Kier alpha value is -3.13. The van der Waals surface area contributed by atoms with Gasteiger partial charge in [0.25, 0.3) is 0 Å². The molecule has 2 aromatic rings. The van der Waals surface area contributed by atoms with Crippen molar-refractivity contribution < 1.29 is 9.59 Å². The molecule has 1 N–H and O–H groups in total. The van der Waals surface area contributed by atoms with Crippen LogP contribution in [0.1, 0.15) is 11.1 Å². The Balaban J connectivity index is 2.03. The van der Waals surface area contributed by atoms with Gasteiger partial charge in [-0.05, 0) is 17.7 Å². The maximum atomic E-state index is 12.1. The summed E-state index contributed by atoms with van der Waals surface area (Å²) >= 11 is 0. The van der Waals surface area contributed by atoms with E-state index in [1.807, 2.05) is 36.4 Å². The lowest BCUT2D eigenvalue weighted by Gasteiger charge is -2.17. The van der Waals surface area contributed by atoms with Gasteiger partial charge in [-0.1, -0.05) is 42.5 Å². The maximum absolute atomic E-state index is 12.1. The molecule has 2 amide bonds. The number of para-hydroxylation sites is 1. The zero-order chi connectivity index (χ0) is 15.9. The molecule has 0 saturated heterocycles. The fraction of sp³-hybridized carbons (Fsp3) is 0.118. The van der Waals surface area contributed by atoms with Crippen LogP contribution in [-0.4, -0.2) is 23.8 Å². The van der Waals surface area contributed by atoms with E-state index in [0.717, 1.165) is 5.56 Å². The molecule has 0 spiro atoms. The summed E-state index contributed by atoms with van der Waals surface area (Å²) in [5.74, 6) is -1.42. The topological polar surface area (TPSA) is 73.2 Å². The van der Waals surface area contributed by atoms with E-state index in [2.05, 4.69) is 5.32 Å². The van der Waals surface area contributed by atoms with Crippen molar-refractivity contribution in [2.75, 3.05) is 12.4 Å². The minimum Gasteiger partial charge on any atom is -0.333 e. The van der Waals surface area contributed by atoms with Crippen LogP contribution in [0.2, 0.25) is 0 Å². The fourth-order valence-corrected chi connectivity index (χ4v) is 1.97. The Morgan fingerprint density at radius 3 is 2.41 bits per heavy atom. The summed E-state index contributed by atoms with van der Waals surface area (Å²) in [5, 5.41) is 11.5. The van der Waals surface area contributed by atoms with Crippen molar-refractivity contribution in [3.05, 3.63) is 65.7 Å². The van der Waals surface area contributed by atoms with Crippen LogP contribution >= 0.6 is 0 Å². The third-order valence-corrected chi connectivity index (χ3v) is 3.10. The molecule has 0 aliphatic carbocycles. The molecule has 0 radical (unpaired) electrons. The number of nitrogens with zero attached hydrogens (tertiary/aromatic N) is 2. The summed E-state index contributed by atoms with van der Waals surface area (Å²) in [7, 11) is 1.56. The number of likely N-dealkylation sites (N-methyl/N-ethyl adjacent to an activating group) is 1. The molecule has 0 saturated carbocycles. The van der Waals surface area contributed by atoms with Crippen LogP contribution in [0.3, 0.4) is 0 Å². The summed E-state index contributed by atoms with van der Waals surface area (Å²) in [6.45, 7) is 0.340. The van der Waals surface area contributed by atoms with E-state index >= 15 is 0 Å². The molecule has 0 unspecified atom stereocenters. The third-order valence-electron chi connectivity index (χ3n) is 3.10. The quantitative estimate of drug-likeness (QED) is 0.881. The van der Waals surface area contributed by atoms with E-state index in [1.165, 1.54) is 4.90 Å². The summed E-state index contributed by atoms with van der Waals surface area (Å²) < 4.78 is 0. The molecule has 2 aromatic carbocycles. The van der Waals surface area contributed by atoms with E-state index in [-0.39, 0.29) is 0 Å². The van der Waals surface area contributed by atoms with Crippen LogP contribution in [0, 0.1) is 11.3 Å². The molecule has 0 aromatic heterocycles. The summed E-state index contributed by atoms with van der Waals surface area (Å²) in [4.78, 5) is 25.4. The molecule has 110 valence electrons. The third kappa shape index (κ3) is 3.70. The van der Waals surface area contributed by atoms with Gasteiger partial charge >= 0.3 is 11.8 Å². The van der Waals surface area contributed by atoms with Gasteiger partial charge in [-0.15, -0.1) is 0 Å². The molecular formula is C17H15N3O2. The van der Waals surface area contributed by atoms with Crippen LogP contribution in [-0.2, 0) is 16.1 Å². The molecule has 0 fully saturated rings. The number of nitrogens with one attached hydrogen (secondary N) is 1. The smallest absolute Gasteiger partial charge is 0.313 e. The van der Waals surface area contributed by atoms with E-state index in [4.69, 9.17) is 5.26 Å². The monoisotopic (exact) mass is 293 g/mol. The second-order valence-electron chi connectivity index (χ2n) is 4.76. The molecule has 0 bridgehead atoms. The highest BCUT2D eigenvalue weighted by molar-refractivity contribution is 6.39. The first-order valence-electron chi connectivity index (χ1n) is 6.71. The summed E-state index contributed by atoms with van der Waals surface area (Å²) in [6, 6.07) is 17.9. The standard InChI is InChI=1S/C17H15N3O2/c1-20(12-13-7-3-2-4-8-13)17(22)16(21)19-15-10-6-5-9-14(15)11-18/h2-10H,12H2,1H3,(H,19,21). The normalized spacial score (nSPS) is 9.64. The Morgan fingerprint density at radius 1 is 1.09 bits per heavy atom. The van der Waals surface area contributed by atoms with Gasteiger partial charge in [0, 0.05) is 13.6 Å². The maximum Gasteiger partial charge on any atom is 0.313 e. The largest absolute Gasteiger partial charge is 0.333 e. The van der Waals surface area contributed by atoms with E-state index in [9.17, 15) is 9.59 Å². The van der Waals surface area contributed by atoms with Crippen molar-refractivity contribution in [3.8, 4) is 6.07 Å². The highest BCUT2D eigenvalue weighted by atomic mass is 16.2. The van der Waals surface area contributed by atoms with Gasteiger partial charge in [-0.3, -0.25) is 9.59 Å². The van der Waals surface area contributed by atoms with E-state index in [0.29, 0.717) is 17.8 Å². The molecule has 0 aliphatic heterocycles. The lowest BCUT2D eigenvalue weighted by Crippen LogP contribution is -2.36. The highest BCUT2D eigenvalue weighted by Crippen LogP contribution is 2.13. The minimum absolute atomic E-state index is 0.314. The van der Waals surface area contributed by atoms with E-state index in [1.54, 1.807) is 31.3 Å². The van der Waals surface area contributed by atoms with Crippen molar-refractivity contribution >= 4 is 17.5 Å². The Labute approximate surface area is 128 Å². The van der Waals surface area contributed by atoms with E-state index < -0.39 is 11.8 Å². The van der Waals surface area contributed by atoms with Crippen LogP contribution in [0.5, 0.6) is 0 Å². The lowest BCUT2D eigenvalue weighted by atomic mass is 10.2. The molecule has 0 aliphatic rings. The number of nitriles is 1. The molecule has 0 heterocycles. The van der Waals surface area contributed by atoms with Crippen LogP contribution in [0.25, 0.3) is 0 Å². The average Bonchev–Trinajstić information content (AvgIpc) is 2.55. The lowest BCUT2D eigenvalue weighted by molar-refractivity contribution is -0.142. The first kappa shape index (κ1) is 15.3. The predicted octanol–water partition coefficient (Wildman–Crippen LogP) is 2.16. The second-order valence-corrected chi connectivity index (χ2v) is 4.76. The minimum atomic E-state index is -0.763. The summed E-state index contributed by atoms with van der Waals surface area (Å²) in [6.07, 6.45) is 0. The number of amides is 2. The van der Waals surface area contributed by atoms with Gasteiger partial charge in [0.1, 0.15) is 6.07 Å². The first-order chi connectivity index (χ1) is 10.6. The Bertz CT molecular complexity index is 720. The number of carbonyl (C=O) groups excluding carboxylic acids is 2. The van der Waals surface area contributed by atoms with Gasteiger partial charge in [-0.2, -0.15) is 5.26 Å². The van der Waals surface area contributed by atoms with Crippen molar-refractivity contribution in [2.45, 2.75) is 6.54 Å². The van der Waals surface area contributed by atoms with Crippen molar-refractivity contribution in [1.82, 2.24) is 4.90 Å². The molecule has 5 heteroatoms. The van der Waals surface area contributed by atoms with Crippen LogP contribution in [0.4, 0.5) is 5.69 Å². The van der Waals surface area contributed by atoms with Crippen LogP contribution in [0.15, 0.2) is 54.6 Å².